The van der Waals surface area contributed by atoms with Crippen LogP contribution in [0.4, 0.5) is 0 Å². The van der Waals surface area contributed by atoms with E-state index >= 15 is 0 Å². The first-order valence-electron chi connectivity index (χ1n) is 14.5. The first kappa shape index (κ1) is 23.1. The van der Waals surface area contributed by atoms with Crippen molar-refractivity contribution in [2.75, 3.05) is 19.0 Å². The lowest BCUT2D eigenvalue weighted by atomic mass is 9.56. The van der Waals surface area contributed by atoms with Crippen LogP contribution in [0.25, 0.3) is 0 Å². The molecule has 7 aliphatic rings. The molecule has 0 aromatic rings. The van der Waals surface area contributed by atoms with Crippen LogP contribution in [-0.4, -0.2) is 52.8 Å². The highest BCUT2D eigenvalue weighted by atomic mass is 35.5. The number of fused-ring (bicyclic) bond motifs is 6. The largest absolute Gasteiger partial charge is 0.393 e. The average Bonchev–Trinajstić information content (AvgIpc) is 3.13. The number of ether oxygens (including phenoxy) is 1. The predicted molar refractivity (Wildman–Crippen MR) is 137 cm³/mol. The number of alkyl halides is 1. The van der Waals surface area contributed by atoms with Crippen molar-refractivity contribution in [2.45, 2.75) is 109 Å². The van der Waals surface area contributed by atoms with Gasteiger partial charge >= 0.3 is 0 Å². The van der Waals surface area contributed by atoms with E-state index in [4.69, 9.17) is 16.3 Å². The second-order valence-electron chi connectivity index (χ2n) is 14.4. The van der Waals surface area contributed by atoms with Crippen molar-refractivity contribution in [3.8, 4) is 0 Å². The third-order valence-corrected chi connectivity index (χ3v) is 13.5. The molecule has 0 bridgehead atoms. The Labute approximate surface area is 212 Å². The maximum absolute atomic E-state index is 10.4. The molecule has 3 unspecified atom stereocenters. The number of rotatable bonds is 2. The zero-order valence-corrected chi connectivity index (χ0v) is 22.6. The van der Waals surface area contributed by atoms with E-state index in [0.29, 0.717) is 40.2 Å². The lowest BCUT2D eigenvalue weighted by Crippen LogP contribution is -2.54. The summed E-state index contributed by atoms with van der Waals surface area (Å²) in [5.74, 6) is 4.57. The normalized spacial score (nSPS) is 60.1. The average molecular weight is 488 g/mol. The van der Waals surface area contributed by atoms with Gasteiger partial charge in [-0.2, -0.15) is 0 Å². The van der Waals surface area contributed by atoms with Gasteiger partial charge in [0, 0.05) is 36.3 Å². The van der Waals surface area contributed by atoms with Crippen LogP contribution in [0.3, 0.4) is 0 Å². The first-order valence-corrected chi connectivity index (χ1v) is 15.1. The molecule has 1 N–H and O–H groups in total. The molecule has 4 saturated carbocycles. The molecule has 5 aliphatic carbocycles. The standard InChI is InChI=1S/C30H46ClNO2/c1-18-13-25-26(32(16-18)12-11-31)19(2)30(34-25)10-8-23-22-6-5-20-14-21(33)7-9-27(20,3)24(22)15-29(23)17-28(29,30)4/h5,18-19,21-26,33H,6-17H2,1-4H3/t18-,19+,21-,22?,23-,24-,25+,26-,27-,28?,29?,30+/m0/s1. The van der Waals surface area contributed by atoms with Crippen molar-refractivity contribution in [1.29, 1.82) is 0 Å². The summed E-state index contributed by atoms with van der Waals surface area (Å²) < 4.78 is 7.38. The van der Waals surface area contributed by atoms with Gasteiger partial charge in [-0.15, -0.1) is 11.6 Å². The van der Waals surface area contributed by atoms with Crippen LogP contribution >= 0.6 is 11.6 Å². The number of hydrogen-bond donors (Lipinski definition) is 1. The van der Waals surface area contributed by atoms with E-state index in [1.165, 1.54) is 51.5 Å². The highest BCUT2D eigenvalue weighted by Gasteiger charge is 2.84. The van der Waals surface area contributed by atoms with Crippen molar-refractivity contribution >= 4 is 11.6 Å². The Morgan fingerprint density at radius 2 is 2.00 bits per heavy atom. The summed E-state index contributed by atoms with van der Waals surface area (Å²) in [5.41, 5.74) is 2.81. The van der Waals surface area contributed by atoms with Crippen LogP contribution in [0.15, 0.2) is 11.6 Å². The smallest absolute Gasteiger partial charge is 0.0787 e. The second kappa shape index (κ2) is 7.27. The zero-order chi connectivity index (χ0) is 23.7. The zero-order valence-electron chi connectivity index (χ0n) is 21.9. The van der Waals surface area contributed by atoms with E-state index in [-0.39, 0.29) is 11.7 Å². The Bertz CT molecular complexity index is 906. The maximum Gasteiger partial charge on any atom is 0.0787 e. The highest BCUT2D eigenvalue weighted by molar-refractivity contribution is 6.18. The van der Waals surface area contributed by atoms with Crippen LogP contribution in [0.1, 0.15) is 85.5 Å². The summed E-state index contributed by atoms with van der Waals surface area (Å²) in [6, 6.07) is 0.551. The maximum atomic E-state index is 10.4. The van der Waals surface area contributed by atoms with Gasteiger partial charge < -0.3 is 9.84 Å². The predicted octanol–water partition coefficient (Wildman–Crippen LogP) is 6.03. The van der Waals surface area contributed by atoms with Crippen molar-refractivity contribution in [3.63, 3.8) is 0 Å². The highest BCUT2D eigenvalue weighted by Crippen LogP contribution is 2.87. The van der Waals surface area contributed by atoms with Gasteiger partial charge in [-0.05, 0) is 92.3 Å². The quantitative estimate of drug-likeness (QED) is 0.381. The van der Waals surface area contributed by atoms with E-state index in [9.17, 15) is 5.11 Å². The lowest BCUT2D eigenvalue weighted by molar-refractivity contribution is -0.148. The van der Waals surface area contributed by atoms with Gasteiger partial charge in [0.1, 0.15) is 0 Å². The molecule has 0 aromatic heterocycles. The molecule has 12 atom stereocenters. The minimum absolute atomic E-state index is 0.0564. The molecule has 7 rings (SSSR count). The Morgan fingerprint density at radius 1 is 1.18 bits per heavy atom. The van der Waals surface area contributed by atoms with Crippen molar-refractivity contribution in [2.24, 2.45) is 45.8 Å². The molecular formula is C30H46ClNO2. The Balaban J connectivity index is 1.21. The van der Waals surface area contributed by atoms with Gasteiger partial charge in [0.15, 0.2) is 0 Å². The number of likely N-dealkylation sites (tertiary alicyclic amines) is 1. The molecular weight excluding hydrogens is 442 g/mol. The van der Waals surface area contributed by atoms with Gasteiger partial charge in [0.05, 0.1) is 17.8 Å². The van der Waals surface area contributed by atoms with Crippen LogP contribution in [0.5, 0.6) is 0 Å². The van der Waals surface area contributed by atoms with E-state index < -0.39 is 0 Å². The molecule has 0 amide bonds. The van der Waals surface area contributed by atoms with Gasteiger partial charge in [0.2, 0.25) is 0 Å². The molecule has 4 heteroatoms. The fourth-order valence-electron chi connectivity index (χ4n) is 11.8. The molecule has 2 heterocycles. The van der Waals surface area contributed by atoms with Crippen molar-refractivity contribution < 1.29 is 9.84 Å². The fourth-order valence-corrected chi connectivity index (χ4v) is 12.0. The third-order valence-electron chi connectivity index (χ3n) is 13.3. The molecule has 6 fully saturated rings. The SMILES string of the molecule is C[C@H]1C[C@H]2O[C@]3(CC[C@H]4C5CC=C6C[C@@H](O)CC[C@]6(C)[C@H]5CC45CC53C)[C@H](C)[C@@H]2N(CCCl)C1. The molecule has 0 radical (unpaired) electrons. The molecule has 190 valence electrons. The van der Waals surface area contributed by atoms with E-state index in [0.717, 1.165) is 43.0 Å². The van der Waals surface area contributed by atoms with Gasteiger partial charge in [0.25, 0.3) is 0 Å². The van der Waals surface area contributed by atoms with Gasteiger partial charge in [-0.3, -0.25) is 4.90 Å². The van der Waals surface area contributed by atoms with Crippen molar-refractivity contribution in [1.82, 2.24) is 4.90 Å². The monoisotopic (exact) mass is 487 g/mol. The molecule has 34 heavy (non-hydrogen) atoms. The summed E-state index contributed by atoms with van der Waals surface area (Å²) in [4.78, 5) is 2.70. The minimum atomic E-state index is -0.110. The van der Waals surface area contributed by atoms with Crippen LogP contribution in [0.2, 0.25) is 0 Å². The van der Waals surface area contributed by atoms with E-state index in [1.54, 1.807) is 5.57 Å². The van der Waals surface area contributed by atoms with Crippen LogP contribution in [0, 0.1) is 45.8 Å². The summed E-state index contributed by atoms with van der Waals surface area (Å²) in [6.07, 6.45) is 13.9. The first-order chi connectivity index (χ1) is 16.2. The van der Waals surface area contributed by atoms with E-state index in [2.05, 4.69) is 38.7 Å². The molecule has 3 nitrogen and oxygen atoms in total. The number of aliphatic hydroxyl groups excluding tert-OH is 1. The summed E-state index contributed by atoms with van der Waals surface area (Å²) in [6.45, 7) is 12.4. The summed E-state index contributed by atoms with van der Waals surface area (Å²) in [5, 5.41) is 10.4. The lowest BCUT2D eigenvalue weighted by Gasteiger charge is -2.50. The number of nitrogens with zero attached hydrogens (tertiary/aromatic N) is 1. The second-order valence-corrected chi connectivity index (χ2v) is 14.8. The third kappa shape index (κ3) is 2.62. The number of allylic oxidation sites excluding steroid dienone is 1. The number of halogens is 1. The molecule has 2 saturated heterocycles. The fraction of sp³-hybridized carbons (Fsp3) is 0.933. The topological polar surface area (TPSA) is 32.7 Å². The number of piperidine rings is 1. The summed E-state index contributed by atoms with van der Waals surface area (Å²) >= 11 is 6.28. The molecule has 2 aliphatic heterocycles. The summed E-state index contributed by atoms with van der Waals surface area (Å²) in [7, 11) is 0. The molecule has 0 aromatic carbocycles. The number of aliphatic hydroxyl groups is 1. The minimum Gasteiger partial charge on any atom is -0.393 e. The Kier molecular flexibility index (Phi) is 4.93. The Hall–Kier alpha value is -0.0900. The Morgan fingerprint density at radius 3 is 2.79 bits per heavy atom. The van der Waals surface area contributed by atoms with Crippen LogP contribution < -0.4 is 0 Å². The molecule has 2 spiro atoms. The van der Waals surface area contributed by atoms with Gasteiger partial charge in [-0.1, -0.05) is 39.3 Å². The number of hydrogen-bond acceptors (Lipinski definition) is 3. The van der Waals surface area contributed by atoms with Gasteiger partial charge in [-0.25, -0.2) is 0 Å². The van der Waals surface area contributed by atoms with Crippen molar-refractivity contribution in [3.05, 3.63) is 11.6 Å². The van der Waals surface area contributed by atoms with E-state index in [1.807, 2.05) is 0 Å². The van der Waals surface area contributed by atoms with Crippen LogP contribution in [-0.2, 0) is 4.74 Å².